The largest absolute Gasteiger partial charge is 0.283 e. The molecule has 0 amide bonds. The zero-order valence-electron chi connectivity index (χ0n) is 8.68. The number of allylic oxidation sites excluding steroid dienone is 1. The van der Waals surface area contributed by atoms with Gasteiger partial charge in [0.05, 0.1) is 16.7 Å². The SMILES string of the molecule is C1=Cc2c(sc3nc4ccccc4n23)CC1. The van der Waals surface area contributed by atoms with Crippen LogP contribution >= 0.6 is 11.3 Å². The molecule has 0 bridgehead atoms. The highest BCUT2D eigenvalue weighted by molar-refractivity contribution is 7.17. The van der Waals surface area contributed by atoms with E-state index in [0.717, 1.165) is 23.3 Å². The van der Waals surface area contributed by atoms with E-state index in [4.69, 9.17) is 0 Å². The van der Waals surface area contributed by atoms with Gasteiger partial charge in [0.25, 0.3) is 0 Å². The molecular formula is C13H10N2S. The third-order valence-corrected chi connectivity index (χ3v) is 4.20. The van der Waals surface area contributed by atoms with Crippen LogP contribution in [-0.2, 0) is 6.42 Å². The Morgan fingerprint density at radius 1 is 1.25 bits per heavy atom. The Bertz CT molecular complexity index is 718. The second kappa shape index (κ2) is 2.95. The zero-order valence-corrected chi connectivity index (χ0v) is 9.50. The van der Waals surface area contributed by atoms with Crippen LogP contribution in [0.1, 0.15) is 17.0 Å². The van der Waals surface area contributed by atoms with Gasteiger partial charge in [-0.05, 0) is 31.1 Å². The van der Waals surface area contributed by atoms with Crippen molar-refractivity contribution < 1.29 is 0 Å². The molecule has 0 atom stereocenters. The molecular weight excluding hydrogens is 216 g/mol. The Kier molecular flexibility index (Phi) is 1.57. The third-order valence-electron chi connectivity index (χ3n) is 3.08. The van der Waals surface area contributed by atoms with Crippen LogP contribution in [0.3, 0.4) is 0 Å². The van der Waals surface area contributed by atoms with Gasteiger partial charge in [-0.25, -0.2) is 4.98 Å². The molecule has 1 aliphatic rings. The summed E-state index contributed by atoms with van der Waals surface area (Å²) in [5, 5.41) is 0. The molecule has 0 saturated heterocycles. The maximum absolute atomic E-state index is 4.67. The molecule has 16 heavy (non-hydrogen) atoms. The van der Waals surface area contributed by atoms with Gasteiger partial charge in [-0.2, -0.15) is 0 Å². The van der Waals surface area contributed by atoms with E-state index in [0.29, 0.717) is 0 Å². The summed E-state index contributed by atoms with van der Waals surface area (Å²) in [5.41, 5.74) is 3.65. The van der Waals surface area contributed by atoms with Crippen molar-refractivity contribution in [1.29, 1.82) is 0 Å². The van der Waals surface area contributed by atoms with E-state index in [1.165, 1.54) is 16.1 Å². The minimum atomic E-state index is 1.09. The number of benzene rings is 1. The number of fused-ring (bicyclic) bond motifs is 5. The average molecular weight is 226 g/mol. The molecule has 0 N–H and O–H groups in total. The van der Waals surface area contributed by atoms with E-state index >= 15 is 0 Å². The lowest BCUT2D eigenvalue weighted by atomic mass is 10.1. The van der Waals surface area contributed by atoms with E-state index in [-0.39, 0.29) is 0 Å². The number of rotatable bonds is 0. The second-order valence-electron chi connectivity index (χ2n) is 4.07. The summed E-state index contributed by atoms with van der Waals surface area (Å²) >= 11 is 1.83. The van der Waals surface area contributed by atoms with Crippen LogP contribution in [0.4, 0.5) is 0 Å². The summed E-state index contributed by atoms with van der Waals surface area (Å²) in [5.74, 6) is 0. The van der Waals surface area contributed by atoms with Gasteiger partial charge < -0.3 is 0 Å². The number of hydrogen-bond acceptors (Lipinski definition) is 2. The van der Waals surface area contributed by atoms with Gasteiger partial charge >= 0.3 is 0 Å². The molecule has 1 aliphatic carbocycles. The fraction of sp³-hybridized carbons (Fsp3) is 0.154. The summed E-state index contributed by atoms with van der Waals surface area (Å²) < 4.78 is 2.28. The Hall–Kier alpha value is -1.61. The van der Waals surface area contributed by atoms with E-state index in [1.54, 1.807) is 0 Å². The van der Waals surface area contributed by atoms with Crippen LogP contribution in [0.15, 0.2) is 30.3 Å². The smallest absolute Gasteiger partial charge is 0.195 e. The molecule has 0 saturated carbocycles. The predicted molar refractivity (Wildman–Crippen MR) is 67.9 cm³/mol. The Labute approximate surface area is 96.9 Å². The van der Waals surface area contributed by atoms with Crippen LogP contribution in [-0.4, -0.2) is 9.38 Å². The van der Waals surface area contributed by atoms with E-state index in [9.17, 15) is 0 Å². The van der Waals surface area contributed by atoms with Crippen molar-refractivity contribution in [3.05, 3.63) is 40.9 Å². The van der Waals surface area contributed by atoms with Crippen molar-refractivity contribution in [2.75, 3.05) is 0 Å². The summed E-state index contributed by atoms with van der Waals surface area (Å²) in [7, 11) is 0. The first-order chi connectivity index (χ1) is 7.93. The molecule has 0 radical (unpaired) electrons. The fourth-order valence-corrected chi connectivity index (χ4v) is 3.48. The first-order valence-corrected chi connectivity index (χ1v) is 6.30. The van der Waals surface area contributed by atoms with Crippen LogP contribution in [0, 0.1) is 0 Å². The summed E-state index contributed by atoms with van der Waals surface area (Å²) in [4.78, 5) is 7.26. The van der Waals surface area contributed by atoms with E-state index in [1.807, 2.05) is 17.4 Å². The highest BCUT2D eigenvalue weighted by atomic mass is 32.1. The molecule has 1 aromatic carbocycles. The molecule has 0 unspecified atom stereocenters. The van der Waals surface area contributed by atoms with Gasteiger partial charge in [-0.3, -0.25) is 4.40 Å². The van der Waals surface area contributed by atoms with E-state index < -0.39 is 0 Å². The average Bonchev–Trinajstić information content (AvgIpc) is 2.83. The summed E-state index contributed by atoms with van der Waals surface area (Å²) in [6.45, 7) is 0. The lowest BCUT2D eigenvalue weighted by molar-refractivity contribution is 0.993. The van der Waals surface area contributed by atoms with Crippen molar-refractivity contribution in [2.24, 2.45) is 0 Å². The number of aromatic nitrogens is 2. The molecule has 3 heteroatoms. The standard InChI is InChI=1S/C13H10N2S/c1-2-6-10-9(5-1)14-13-15(10)11-7-3-4-8-12(11)16-13/h1-3,5-7H,4,8H2. The first kappa shape index (κ1) is 8.53. The molecule has 0 aliphatic heterocycles. The van der Waals surface area contributed by atoms with Crippen molar-refractivity contribution in [2.45, 2.75) is 12.8 Å². The molecule has 3 aromatic rings. The maximum Gasteiger partial charge on any atom is 0.195 e. The van der Waals surface area contributed by atoms with Crippen LogP contribution in [0.25, 0.3) is 22.1 Å². The number of thiazole rings is 1. The molecule has 4 rings (SSSR count). The molecule has 78 valence electrons. The number of imidazole rings is 1. The number of nitrogens with zero attached hydrogens (tertiary/aromatic N) is 2. The van der Waals surface area contributed by atoms with Gasteiger partial charge in [0.1, 0.15) is 0 Å². The molecule has 2 nitrogen and oxygen atoms in total. The van der Waals surface area contributed by atoms with Crippen LogP contribution < -0.4 is 0 Å². The van der Waals surface area contributed by atoms with Crippen molar-refractivity contribution >= 4 is 33.4 Å². The minimum absolute atomic E-state index is 1.09. The number of hydrogen-bond donors (Lipinski definition) is 0. The monoisotopic (exact) mass is 226 g/mol. The molecule has 2 aromatic heterocycles. The minimum Gasteiger partial charge on any atom is -0.283 e. The highest BCUT2D eigenvalue weighted by Crippen LogP contribution is 2.31. The van der Waals surface area contributed by atoms with Crippen molar-refractivity contribution in [1.82, 2.24) is 9.38 Å². The van der Waals surface area contributed by atoms with Crippen LogP contribution in [0.5, 0.6) is 0 Å². The Morgan fingerprint density at radius 3 is 3.19 bits per heavy atom. The van der Waals surface area contributed by atoms with Crippen molar-refractivity contribution in [3.63, 3.8) is 0 Å². The third kappa shape index (κ3) is 0.985. The predicted octanol–water partition coefficient (Wildman–Crippen LogP) is 3.51. The molecule has 0 fully saturated rings. The maximum atomic E-state index is 4.67. The summed E-state index contributed by atoms with van der Waals surface area (Å²) in [6, 6.07) is 8.34. The van der Waals surface area contributed by atoms with Gasteiger partial charge in [0.15, 0.2) is 4.96 Å². The first-order valence-electron chi connectivity index (χ1n) is 5.49. The summed E-state index contributed by atoms with van der Waals surface area (Å²) in [6.07, 6.45) is 6.81. The van der Waals surface area contributed by atoms with Gasteiger partial charge in [0.2, 0.25) is 0 Å². The van der Waals surface area contributed by atoms with Gasteiger partial charge in [-0.15, -0.1) is 11.3 Å². The van der Waals surface area contributed by atoms with Crippen LogP contribution in [0.2, 0.25) is 0 Å². The normalized spacial score (nSPS) is 14.8. The number of aryl methyl sites for hydroxylation is 1. The molecule has 0 spiro atoms. The fourth-order valence-electron chi connectivity index (χ4n) is 2.35. The van der Waals surface area contributed by atoms with Crippen molar-refractivity contribution in [3.8, 4) is 0 Å². The van der Waals surface area contributed by atoms with Gasteiger partial charge in [-0.1, -0.05) is 18.2 Å². The van der Waals surface area contributed by atoms with E-state index in [2.05, 4.69) is 39.7 Å². The lowest BCUT2D eigenvalue weighted by Crippen LogP contribution is -1.93. The van der Waals surface area contributed by atoms with Gasteiger partial charge in [0, 0.05) is 4.88 Å². The quantitative estimate of drug-likeness (QED) is 0.573. The topological polar surface area (TPSA) is 17.3 Å². The Balaban J connectivity index is 2.24. The second-order valence-corrected chi connectivity index (χ2v) is 5.13. The lowest BCUT2D eigenvalue weighted by Gasteiger charge is -2.04. The Morgan fingerprint density at radius 2 is 2.19 bits per heavy atom. The highest BCUT2D eigenvalue weighted by Gasteiger charge is 2.15. The number of para-hydroxylation sites is 2. The zero-order chi connectivity index (χ0) is 10.5. The molecule has 2 heterocycles.